The van der Waals surface area contributed by atoms with Gasteiger partial charge in [0.25, 0.3) is 0 Å². The second-order valence-corrected chi connectivity index (χ2v) is 4.70. The van der Waals surface area contributed by atoms with E-state index < -0.39 is 11.6 Å². The summed E-state index contributed by atoms with van der Waals surface area (Å²) in [6.45, 7) is 3.45. The van der Waals surface area contributed by atoms with Crippen molar-refractivity contribution in [3.8, 4) is 0 Å². The molecule has 1 saturated heterocycles. The molecule has 0 amide bonds. The lowest BCUT2D eigenvalue weighted by Crippen LogP contribution is -2.40. The van der Waals surface area contributed by atoms with Crippen LogP contribution < -0.4 is 5.32 Å². The summed E-state index contributed by atoms with van der Waals surface area (Å²) in [5.74, 6) is -0.625. The van der Waals surface area contributed by atoms with Crippen molar-refractivity contribution in [3.05, 3.63) is 23.4 Å². The average molecular weight is 266 g/mol. The van der Waals surface area contributed by atoms with Crippen molar-refractivity contribution in [1.29, 1.82) is 0 Å². The summed E-state index contributed by atoms with van der Waals surface area (Å²) in [6, 6.07) is 3.23. The molecule has 19 heavy (non-hydrogen) atoms. The van der Waals surface area contributed by atoms with Crippen molar-refractivity contribution in [3.63, 3.8) is 0 Å². The molecule has 6 heteroatoms. The molecule has 1 aliphatic heterocycles. The summed E-state index contributed by atoms with van der Waals surface area (Å²) >= 11 is 0. The quantitative estimate of drug-likeness (QED) is 0.836. The lowest BCUT2D eigenvalue weighted by molar-refractivity contribution is -0.00628. The molecule has 1 aromatic rings. The van der Waals surface area contributed by atoms with Gasteiger partial charge in [0.1, 0.15) is 17.0 Å². The molecule has 0 aromatic carbocycles. The minimum absolute atomic E-state index is 0.163. The van der Waals surface area contributed by atoms with Crippen LogP contribution in [0.3, 0.4) is 0 Å². The monoisotopic (exact) mass is 266 g/mol. The molecule has 0 saturated carbocycles. The predicted molar refractivity (Wildman–Crippen MR) is 69.6 cm³/mol. The van der Waals surface area contributed by atoms with E-state index in [4.69, 9.17) is 14.6 Å². The van der Waals surface area contributed by atoms with E-state index in [1.165, 1.54) is 0 Å². The second-order valence-electron chi connectivity index (χ2n) is 4.70. The number of aromatic carboxylic acids is 1. The molecule has 1 unspecified atom stereocenters. The fourth-order valence-corrected chi connectivity index (χ4v) is 2.07. The average Bonchev–Trinajstić information content (AvgIpc) is 2.85. The Hall–Kier alpha value is -1.66. The Bertz CT molecular complexity index is 470. The number of methoxy groups -OCH3 is 1. The number of aromatic nitrogens is 1. The summed E-state index contributed by atoms with van der Waals surface area (Å²) in [6.07, 6.45) is 0.782. The van der Waals surface area contributed by atoms with Crippen LogP contribution in [0, 0.1) is 6.92 Å². The highest BCUT2D eigenvalue weighted by atomic mass is 16.5. The molecule has 2 heterocycles. The van der Waals surface area contributed by atoms with Crippen molar-refractivity contribution in [2.24, 2.45) is 0 Å². The van der Waals surface area contributed by atoms with Crippen LogP contribution in [0.15, 0.2) is 12.1 Å². The molecule has 2 rings (SSSR count). The van der Waals surface area contributed by atoms with Gasteiger partial charge in [0, 0.05) is 32.4 Å². The van der Waals surface area contributed by atoms with E-state index in [9.17, 15) is 4.79 Å². The lowest BCUT2D eigenvalue weighted by Gasteiger charge is -2.26. The maximum absolute atomic E-state index is 11.1. The number of carbonyl (C=O) groups is 1. The Kier molecular flexibility index (Phi) is 4.01. The van der Waals surface area contributed by atoms with Crippen LogP contribution in [0.5, 0.6) is 0 Å². The molecule has 0 radical (unpaired) electrons. The van der Waals surface area contributed by atoms with Crippen molar-refractivity contribution in [2.75, 3.05) is 32.2 Å². The van der Waals surface area contributed by atoms with Gasteiger partial charge in [-0.2, -0.15) is 0 Å². The Morgan fingerprint density at radius 3 is 3.00 bits per heavy atom. The van der Waals surface area contributed by atoms with Gasteiger partial charge in [-0.15, -0.1) is 0 Å². The molecular weight excluding hydrogens is 248 g/mol. The maximum atomic E-state index is 11.1. The number of nitrogens with zero attached hydrogens (tertiary/aromatic N) is 1. The third kappa shape index (κ3) is 3.02. The highest BCUT2D eigenvalue weighted by Crippen LogP contribution is 2.24. The molecule has 1 atom stereocenters. The fraction of sp³-hybridized carbons (Fsp3) is 0.538. The lowest BCUT2D eigenvalue weighted by atomic mass is 10.0. The Morgan fingerprint density at radius 2 is 2.42 bits per heavy atom. The van der Waals surface area contributed by atoms with E-state index in [1.54, 1.807) is 19.2 Å². The number of hydrogen-bond donors (Lipinski definition) is 2. The first-order chi connectivity index (χ1) is 9.06. The number of hydrogen-bond acceptors (Lipinski definition) is 5. The fourth-order valence-electron chi connectivity index (χ4n) is 2.07. The molecule has 0 spiro atoms. The van der Waals surface area contributed by atoms with Gasteiger partial charge in [0.15, 0.2) is 0 Å². The molecule has 1 aliphatic rings. The number of carboxylic acid groups (broad SMARTS) is 1. The molecule has 0 bridgehead atoms. The zero-order valence-corrected chi connectivity index (χ0v) is 11.1. The third-order valence-electron chi connectivity index (χ3n) is 3.34. The molecule has 2 N–H and O–H groups in total. The van der Waals surface area contributed by atoms with E-state index in [1.807, 2.05) is 6.92 Å². The van der Waals surface area contributed by atoms with Crippen molar-refractivity contribution < 1.29 is 19.4 Å². The maximum Gasteiger partial charge on any atom is 0.339 e. The minimum Gasteiger partial charge on any atom is -0.478 e. The highest BCUT2D eigenvalue weighted by Gasteiger charge is 2.35. The smallest absolute Gasteiger partial charge is 0.339 e. The molecule has 1 aromatic heterocycles. The summed E-state index contributed by atoms with van der Waals surface area (Å²) < 4.78 is 10.8. The van der Waals surface area contributed by atoms with Crippen molar-refractivity contribution in [1.82, 2.24) is 4.98 Å². The number of anilines is 1. The van der Waals surface area contributed by atoms with E-state index >= 15 is 0 Å². The second kappa shape index (κ2) is 5.54. The summed E-state index contributed by atoms with van der Waals surface area (Å²) in [7, 11) is 1.64. The Morgan fingerprint density at radius 1 is 1.63 bits per heavy atom. The van der Waals surface area contributed by atoms with Gasteiger partial charge in [-0.3, -0.25) is 0 Å². The first-order valence-corrected chi connectivity index (χ1v) is 6.14. The SMILES string of the molecule is COC1(CNc2nc(C)ccc2C(=O)O)CCOC1. The van der Waals surface area contributed by atoms with E-state index in [0.29, 0.717) is 25.6 Å². The first kappa shape index (κ1) is 13.8. The van der Waals surface area contributed by atoms with Gasteiger partial charge in [0.05, 0.1) is 6.61 Å². The number of ether oxygens (including phenoxy) is 2. The van der Waals surface area contributed by atoms with Crippen LogP contribution in [-0.2, 0) is 9.47 Å². The highest BCUT2D eigenvalue weighted by molar-refractivity contribution is 5.93. The number of carboxylic acids is 1. The van der Waals surface area contributed by atoms with Crippen LogP contribution >= 0.6 is 0 Å². The zero-order valence-electron chi connectivity index (χ0n) is 11.1. The van der Waals surface area contributed by atoms with E-state index in [0.717, 1.165) is 12.1 Å². The minimum atomic E-state index is -0.996. The molecule has 0 aliphatic carbocycles. The third-order valence-corrected chi connectivity index (χ3v) is 3.34. The number of aryl methyl sites for hydroxylation is 1. The molecule has 1 fully saturated rings. The van der Waals surface area contributed by atoms with Crippen molar-refractivity contribution >= 4 is 11.8 Å². The first-order valence-electron chi connectivity index (χ1n) is 6.14. The largest absolute Gasteiger partial charge is 0.478 e. The van der Waals surface area contributed by atoms with E-state index in [2.05, 4.69) is 10.3 Å². The number of rotatable bonds is 5. The Labute approximate surface area is 111 Å². The predicted octanol–water partition coefficient (Wildman–Crippen LogP) is 1.31. The van der Waals surface area contributed by atoms with Crippen LogP contribution in [-0.4, -0.2) is 48.5 Å². The van der Waals surface area contributed by atoms with Gasteiger partial charge in [-0.1, -0.05) is 0 Å². The van der Waals surface area contributed by atoms with Crippen LogP contribution in [0.2, 0.25) is 0 Å². The van der Waals surface area contributed by atoms with Crippen LogP contribution in [0.1, 0.15) is 22.5 Å². The molecule has 6 nitrogen and oxygen atoms in total. The standard InChI is InChI=1S/C13H18N2O4/c1-9-3-4-10(12(16)17)11(15-9)14-7-13(18-2)5-6-19-8-13/h3-4H,5-8H2,1-2H3,(H,14,15)(H,16,17). The van der Waals surface area contributed by atoms with Gasteiger partial charge in [-0.05, 0) is 19.1 Å². The Balaban J connectivity index is 2.14. The van der Waals surface area contributed by atoms with Gasteiger partial charge < -0.3 is 19.9 Å². The molecule has 104 valence electrons. The zero-order chi connectivity index (χ0) is 13.9. The van der Waals surface area contributed by atoms with Gasteiger partial charge in [-0.25, -0.2) is 9.78 Å². The normalized spacial score (nSPS) is 22.4. The summed E-state index contributed by atoms with van der Waals surface area (Å²) in [4.78, 5) is 15.4. The van der Waals surface area contributed by atoms with Crippen molar-refractivity contribution in [2.45, 2.75) is 18.9 Å². The summed E-state index contributed by atoms with van der Waals surface area (Å²) in [5.41, 5.74) is 0.527. The topological polar surface area (TPSA) is 80.7 Å². The molecular formula is C13H18N2O4. The van der Waals surface area contributed by atoms with Crippen LogP contribution in [0.4, 0.5) is 5.82 Å². The van der Waals surface area contributed by atoms with Crippen LogP contribution in [0.25, 0.3) is 0 Å². The van der Waals surface area contributed by atoms with E-state index in [-0.39, 0.29) is 5.56 Å². The number of pyridine rings is 1. The summed E-state index contributed by atoms with van der Waals surface area (Å²) in [5, 5.41) is 12.2. The van der Waals surface area contributed by atoms with Gasteiger partial charge >= 0.3 is 5.97 Å². The number of nitrogens with one attached hydrogen (secondary N) is 1. The van der Waals surface area contributed by atoms with Gasteiger partial charge in [0.2, 0.25) is 0 Å².